The Morgan fingerprint density at radius 1 is 0.955 bits per heavy atom. The second-order valence-corrected chi connectivity index (χ2v) is 7.73. The minimum Gasteiger partial charge on any atom is -0.310 e. The fourth-order valence-corrected chi connectivity index (χ4v) is 4.64. The van der Waals surface area contributed by atoms with Crippen LogP contribution in [0.25, 0.3) is 0 Å². The van der Waals surface area contributed by atoms with Crippen LogP contribution in [0.5, 0.6) is 0 Å². The molecular weight excluding hydrogens is 334 g/mol. The third kappa shape index (κ3) is 3.00. The molecule has 3 aliphatic rings. The molecular formula is C20H22BrN. The SMILES string of the molecule is Brc1cccc(CC2NC3CCC2Cc2ccccc2C3)c1. The van der Waals surface area contributed by atoms with Gasteiger partial charge in [-0.15, -0.1) is 0 Å². The summed E-state index contributed by atoms with van der Waals surface area (Å²) in [7, 11) is 0. The summed E-state index contributed by atoms with van der Waals surface area (Å²) in [6, 6.07) is 19.1. The summed E-state index contributed by atoms with van der Waals surface area (Å²) in [6.45, 7) is 0. The first-order valence-electron chi connectivity index (χ1n) is 8.35. The minimum atomic E-state index is 0.612. The lowest BCUT2D eigenvalue weighted by Crippen LogP contribution is -2.51. The summed E-state index contributed by atoms with van der Waals surface area (Å²) in [5.41, 5.74) is 4.58. The Hall–Kier alpha value is -1.12. The standard InChI is InChI=1S/C20H22BrN/c21-18-7-3-4-14(10-18)11-20-17-8-9-19(22-20)13-16-6-2-1-5-15(16)12-17/h1-7,10,17,19-20,22H,8-9,11-13H2. The largest absolute Gasteiger partial charge is 0.310 e. The van der Waals surface area contributed by atoms with Gasteiger partial charge in [-0.2, -0.15) is 0 Å². The summed E-state index contributed by atoms with van der Waals surface area (Å²) in [6.07, 6.45) is 6.26. The summed E-state index contributed by atoms with van der Waals surface area (Å²) >= 11 is 3.60. The Balaban J connectivity index is 1.58. The van der Waals surface area contributed by atoms with E-state index in [-0.39, 0.29) is 0 Å². The molecule has 0 saturated carbocycles. The van der Waals surface area contributed by atoms with E-state index in [1.807, 2.05) is 0 Å². The highest BCUT2D eigenvalue weighted by atomic mass is 79.9. The zero-order chi connectivity index (χ0) is 14.9. The Bertz CT molecular complexity index is 666. The van der Waals surface area contributed by atoms with Crippen molar-refractivity contribution in [3.05, 3.63) is 69.7 Å². The fraction of sp³-hybridized carbons (Fsp3) is 0.400. The van der Waals surface area contributed by atoms with Crippen molar-refractivity contribution in [3.8, 4) is 0 Å². The lowest BCUT2D eigenvalue weighted by Gasteiger charge is -2.41. The fourth-order valence-electron chi connectivity index (χ4n) is 4.19. The highest BCUT2D eigenvalue weighted by Gasteiger charge is 2.32. The second-order valence-electron chi connectivity index (χ2n) is 6.82. The molecule has 0 radical (unpaired) electrons. The van der Waals surface area contributed by atoms with Gasteiger partial charge in [-0.1, -0.05) is 52.3 Å². The first-order chi connectivity index (χ1) is 10.8. The Morgan fingerprint density at radius 2 is 1.77 bits per heavy atom. The molecule has 2 bridgehead atoms. The van der Waals surface area contributed by atoms with Crippen molar-refractivity contribution in [2.75, 3.05) is 0 Å². The van der Waals surface area contributed by atoms with E-state index in [9.17, 15) is 0 Å². The van der Waals surface area contributed by atoms with Crippen LogP contribution in [0.2, 0.25) is 0 Å². The smallest absolute Gasteiger partial charge is 0.0178 e. The van der Waals surface area contributed by atoms with Gasteiger partial charge in [0, 0.05) is 16.6 Å². The van der Waals surface area contributed by atoms with Crippen LogP contribution in [-0.2, 0) is 19.3 Å². The minimum absolute atomic E-state index is 0.612. The van der Waals surface area contributed by atoms with Gasteiger partial charge in [0.25, 0.3) is 0 Å². The first kappa shape index (κ1) is 14.5. The molecule has 114 valence electrons. The zero-order valence-electron chi connectivity index (χ0n) is 12.8. The lowest BCUT2D eigenvalue weighted by molar-refractivity contribution is 0.217. The molecule has 1 fully saturated rings. The van der Waals surface area contributed by atoms with Gasteiger partial charge in [-0.25, -0.2) is 0 Å². The van der Waals surface area contributed by atoms with E-state index in [2.05, 4.69) is 69.8 Å². The number of halogens is 1. The molecule has 0 amide bonds. The molecule has 1 saturated heterocycles. The zero-order valence-corrected chi connectivity index (χ0v) is 14.4. The van der Waals surface area contributed by atoms with Crippen molar-refractivity contribution in [1.82, 2.24) is 5.32 Å². The van der Waals surface area contributed by atoms with Gasteiger partial charge in [0.15, 0.2) is 0 Å². The van der Waals surface area contributed by atoms with Crippen LogP contribution < -0.4 is 5.32 Å². The van der Waals surface area contributed by atoms with Crippen molar-refractivity contribution in [2.24, 2.45) is 5.92 Å². The van der Waals surface area contributed by atoms with Gasteiger partial charge >= 0.3 is 0 Å². The summed E-state index contributed by atoms with van der Waals surface area (Å²) < 4.78 is 1.19. The molecule has 1 N–H and O–H groups in total. The molecule has 5 rings (SSSR count). The van der Waals surface area contributed by atoms with Crippen LogP contribution in [0.3, 0.4) is 0 Å². The number of benzene rings is 2. The number of hydrogen-bond acceptors (Lipinski definition) is 1. The van der Waals surface area contributed by atoms with Crippen molar-refractivity contribution in [2.45, 2.75) is 44.2 Å². The third-order valence-electron chi connectivity index (χ3n) is 5.32. The van der Waals surface area contributed by atoms with Gasteiger partial charge in [0.1, 0.15) is 0 Å². The number of hydrogen-bond donors (Lipinski definition) is 1. The Kier molecular flexibility index (Phi) is 4.06. The van der Waals surface area contributed by atoms with E-state index in [4.69, 9.17) is 0 Å². The van der Waals surface area contributed by atoms with Crippen LogP contribution in [0.1, 0.15) is 29.5 Å². The monoisotopic (exact) mass is 355 g/mol. The molecule has 2 heteroatoms. The van der Waals surface area contributed by atoms with Crippen LogP contribution in [-0.4, -0.2) is 12.1 Å². The van der Waals surface area contributed by atoms with Gasteiger partial charge in [-0.05, 0) is 66.8 Å². The molecule has 3 unspecified atom stereocenters. The van der Waals surface area contributed by atoms with E-state index in [1.54, 1.807) is 11.1 Å². The predicted octanol–water partition coefficient (Wildman–Crippen LogP) is 4.53. The van der Waals surface area contributed by atoms with Crippen molar-refractivity contribution < 1.29 is 0 Å². The Labute approximate surface area is 141 Å². The predicted molar refractivity (Wildman–Crippen MR) is 95.1 cm³/mol. The van der Waals surface area contributed by atoms with E-state index < -0.39 is 0 Å². The van der Waals surface area contributed by atoms with Gasteiger partial charge in [0.2, 0.25) is 0 Å². The van der Waals surface area contributed by atoms with E-state index in [0.29, 0.717) is 12.1 Å². The maximum Gasteiger partial charge on any atom is 0.0178 e. The van der Waals surface area contributed by atoms with Crippen LogP contribution in [0.15, 0.2) is 53.0 Å². The molecule has 0 aromatic heterocycles. The third-order valence-corrected chi connectivity index (χ3v) is 5.81. The average Bonchev–Trinajstić information content (AvgIpc) is 2.48. The molecule has 2 aliphatic heterocycles. The maximum atomic E-state index is 3.95. The number of nitrogens with one attached hydrogen (secondary N) is 1. The van der Waals surface area contributed by atoms with Crippen LogP contribution in [0.4, 0.5) is 0 Å². The van der Waals surface area contributed by atoms with Gasteiger partial charge < -0.3 is 5.32 Å². The molecule has 0 spiro atoms. The number of rotatable bonds is 2. The number of piperidine rings is 1. The van der Waals surface area contributed by atoms with E-state index >= 15 is 0 Å². The highest BCUT2D eigenvalue weighted by molar-refractivity contribution is 9.10. The van der Waals surface area contributed by atoms with Crippen molar-refractivity contribution in [3.63, 3.8) is 0 Å². The quantitative estimate of drug-likeness (QED) is 0.834. The van der Waals surface area contributed by atoms with E-state index in [0.717, 1.165) is 12.3 Å². The lowest BCUT2D eigenvalue weighted by atomic mass is 9.75. The summed E-state index contributed by atoms with van der Waals surface area (Å²) in [5, 5.41) is 3.95. The highest BCUT2D eigenvalue weighted by Crippen LogP contribution is 2.32. The molecule has 1 nitrogen and oxygen atoms in total. The normalized spacial score (nSPS) is 27.0. The molecule has 3 atom stereocenters. The average molecular weight is 356 g/mol. The van der Waals surface area contributed by atoms with Crippen LogP contribution >= 0.6 is 15.9 Å². The van der Waals surface area contributed by atoms with Gasteiger partial charge in [0.05, 0.1) is 0 Å². The summed E-state index contributed by atoms with van der Waals surface area (Å²) in [5.74, 6) is 0.761. The topological polar surface area (TPSA) is 12.0 Å². The second kappa shape index (κ2) is 6.17. The molecule has 2 aromatic rings. The first-order valence-corrected chi connectivity index (χ1v) is 9.14. The molecule has 2 heterocycles. The molecule has 1 aliphatic carbocycles. The van der Waals surface area contributed by atoms with Gasteiger partial charge in [-0.3, -0.25) is 0 Å². The van der Waals surface area contributed by atoms with Crippen molar-refractivity contribution >= 4 is 15.9 Å². The van der Waals surface area contributed by atoms with Crippen molar-refractivity contribution in [1.29, 1.82) is 0 Å². The molecule has 22 heavy (non-hydrogen) atoms. The summed E-state index contributed by atoms with van der Waals surface area (Å²) in [4.78, 5) is 0. The van der Waals surface area contributed by atoms with E-state index in [1.165, 1.54) is 35.7 Å². The Morgan fingerprint density at radius 3 is 2.59 bits per heavy atom. The molecule has 2 aromatic carbocycles. The van der Waals surface area contributed by atoms with Crippen LogP contribution in [0, 0.1) is 5.92 Å². The maximum absolute atomic E-state index is 3.95. The number of fused-ring (bicyclic) bond motifs is 2.